The Morgan fingerprint density at radius 1 is 0.900 bits per heavy atom. The van der Waals surface area contributed by atoms with Gasteiger partial charge in [0.1, 0.15) is 22.9 Å². The van der Waals surface area contributed by atoms with Crippen LogP contribution >= 0.6 is 0 Å². The second-order valence-corrected chi connectivity index (χ2v) is 10.5. The Kier molecular flexibility index (Phi) is 9.64. The van der Waals surface area contributed by atoms with Crippen LogP contribution in [0.4, 0.5) is 5.82 Å². The van der Waals surface area contributed by atoms with Gasteiger partial charge < -0.3 is 16.0 Å². The van der Waals surface area contributed by atoms with Crippen molar-refractivity contribution in [1.29, 1.82) is 0 Å². The van der Waals surface area contributed by atoms with Gasteiger partial charge in [0.2, 0.25) is 5.91 Å². The van der Waals surface area contributed by atoms with Gasteiger partial charge >= 0.3 is 0 Å². The molecule has 0 radical (unpaired) electrons. The summed E-state index contributed by atoms with van der Waals surface area (Å²) in [5, 5.41) is 1.03. The number of nitrogens with two attached hydrogens (primary N) is 2. The molecular formula is C32H39N5O3. The summed E-state index contributed by atoms with van der Waals surface area (Å²) in [6.45, 7) is 4.69. The highest BCUT2D eigenvalue weighted by molar-refractivity contribution is 6.06. The number of unbranched alkanes of at least 4 members (excludes halogenated alkanes) is 1. The lowest BCUT2D eigenvalue weighted by Crippen LogP contribution is -2.23. The van der Waals surface area contributed by atoms with Crippen molar-refractivity contribution in [2.24, 2.45) is 11.7 Å². The number of para-hydroxylation sites is 1. The number of fused-ring (bicyclic) bond motifs is 3. The van der Waals surface area contributed by atoms with Crippen molar-refractivity contribution in [3.8, 4) is 0 Å². The first-order chi connectivity index (χ1) is 19.3. The number of aryl methyl sites for hydroxylation is 2. The third kappa shape index (κ3) is 6.92. The average molecular weight is 542 g/mol. The van der Waals surface area contributed by atoms with E-state index in [0.29, 0.717) is 38.0 Å². The number of carbonyl (C=O) groups is 3. The Morgan fingerprint density at radius 2 is 1.60 bits per heavy atom. The zero-order chi connectivity index (χ0) is 28.6. The molecule has 0 bridgehead atoms. The Balaban J connectivity index is 1.43. The number of imidazole rings is 1. The first-order valence-electron chi connectivity index (χ1n) is 14.2. The molecule has 2 aromatic heterocycles. The summed E-state index contributed by atoms with van der Waals surface area (Å²) >= 11 is 0. The minimum absolute atomic E-state index is 0.0790. The monoisotopic (exact) mass is 541 g/mol. The third-order valence-electron chi connectivity index (χ3n) is 7.56. The molecule has 2 heterocycles. The molecule has 1 amide bonds. The van der Waals surface area contributed by atoms with Crippen molar-refractivity contribution in [2.45, 2.75) is 78.2 Å². The lowest BCUT2D eigenvalue weighted by atomic mass is 9.96. The summed E-state index contributed by atoms with van der Waals surface area (Å²) in [6.07, 6.45) is 4.99. The van der Waals surface area contributed by atoms with E-state index in [1.165, 1.54) is 0 Å². The lowest BCUT2D eigenvalue weighted by molar-refractivity contribution is -0.127. The maximum absolute atomic E-state index is 12.4. The molecule has 8 heteroatoms. The van der Waals surface area contributed by atoms with Crippen LogP contribution in [0.3, 0.4) is 0 Å². The number of Topliss-reactive ketones (excluding diaryl/α,β-unsaturated/α-hetero) is 2. The number of pyridine rings is 1. The fraction of sp³-hybridized carbons (Fsp3) is 0.406. The number of nitrogen functional groups attached to an aromatic ring is 1. The molecule has 4 rings (SSSR count). The van der Waals surface area contributed by atoms with E-state index in [9.17, 15) is 14.4 Å². The Bertz CT molecular complexity index is 1510. The molecule has 4 aromatic rings. The van der Waals surface area contributed by atoms with Crippen molar-refractivity contribution in [2.75, 3.05) is 5.73 Å². The number of aromatic nitrogens is 3. The van der Waals surface area contributed by atoms with Crippen LogP contribution in [0.15, 0.2) is 48.5 Å². The molecule has 0 aliphatic heterocycles. The van der Waals surface area contributed by atoms with E-state index >= 15 is 0 Å². The molecule has 210 valence electrons. The highest BCUT2D eigenvalue weighted by atomic mass is 16.2. The van der Waals surface area contributed by atoms with E-state index < -0.39 is 5.91 Å². The minimum Gasteiger partial charge on any atom is -0.382 e. The maximum Gasteiger partial charge on any atom is 0.220 e. The molecule has 8 nitrogen and oxygen atoms in total. The maximum atomic E-state index is 12.4. The molecule has 4 N–H and O–H groups in total. The quantitative estimate of drug-likeness (QED) is 0.196. The van der Waals surface area contributed by atoms with Crippen LogP contribution in [0.5, 0.6) is 0 Å². The number of carbonyl (C=O) groups excluding carboxylic acids is 3. The van der Waals surface area contributed by atoms with Crippen LogP contribution in [0.25, 0.3) is 21.9 Å². The largest absolute Gasteiger partial charge is 0.382 e. The van der Waals surface area contributed by atoms with Gasteiger partial charge in [-0.2, -0.15) is 0 Å². The SMILES string of the molecule is CCCCc1nc2c(N)nc3ccccc3c2n1Cc1ccc(CCC(=O)CC(=O)CC[C@H](CC)C(N)=O)cc1. The number of rotatable bonds is 15. The smallest absolute Gasteiger partial charge is 0.220 e. The molecule has 0 saturated carbocycles. The fourth-order valence-corrected chi connectivity index (χ4v) is 5.16. The van der Waals surface area contributed by atoms with Gasteiger partial charge in [-0.05, 0) is 42.9 Å². The Labute approximate surface area is 235 Å². The van der Waals surface area contributed by atoms with Crippen LogP contribution in [0.1, 0.15) is 75.7 Å². The zero-order valence-electron chi connectivity index (χ0n) is 23.5. The second-order valence-electron chi connectivity index (χ2n) is 10.5. The van der Waals surface area contributed by atoms with Crippen LogP contribution in [0.2, 0.25) is 0 Å². The highest BCUT2D eigenvalue weighted by Crippen LogP contribution is 2.30. The van der Waals surface area contributed by atoms with E-state index in [1.54, 1.807) is 0 Å². The van der Waals surface area contributed by atoms with Crippen LogP contribution in [0, 0.1) is 5.92 Å². The van der Waals surface area contributed by atoms with E-state index in [-0.39, 0.29) is 30.3 Å². The Hall–Kier alpha value is -4.07. The number of hydrogen-bond donors (Lipinski definition) is 2. The van der Waals surface area contributed by atoms with Gasteiger partial charge in [-0.15, -0.1) is 0 Å². The van der Waals surface area contributed by atoms with Gasteiger partial charge in [-0.1, -0.05) is 62.7 Å². The molecule has 0 aliphatic rings. The number of benzene rings is 2. The second kappa shape index (κ2) is 13.3. The van der Waals surface area contributed by atoms with Crippen molar-refractivity contribution in [3.05, 3.63) is 65.5 Å². The molecule has 0 saturated heterocycles. The van der Waals surface area contributed by atoms with Crippen molar-refractivity contribution in [3.63, 3.8) is 0 Å². The standard InChI is InChI=1S/C32H39N5O3/c1-3-5-10-28-36-29-30(26-8-6-7-9-27(26)35-31(29)33)37(28)20-22-13-11-21(12-14-22)15-17-24(38)19-25(39)18-16-23(4-2)32(34)40/h6-9,11-14,23H,3-5,10,15-20H2,1-2H3,(H2,33,35)(H2,34,40)/t23-/m0/s1. The predicted octanol–water partition coefficient (Wildman–Crippen LogP) is 5.31. The van der Waals surface area contributed by atoms with Gasteiger partial charge in [-0.3, -0.25) is 14.4 Å². The molecule has 2 aromatic carbocycles. The van der Waals surface area contributed by atoms with Gasteiger partial charge in [0.15, 0.2) is 5.82 Å². The summed E-state index contributed by atoms with van der Waals surface area (Å²) in [5.41, 5.74) is 16.5. The topological polar surface area (TPSA) is 134 Å². The molecule has 0 aliphatic carbocycles. The molecule has 40 heavy (non-hydrogen) atoms. The van der Waals surface area contributed by atoms with Crippen molar-refractivity contribution < 1.29 is 14.4 Å². The van der Waals surface area contributed by atoms with Crippen LogP contribution < -0.4 is 11.5 Å². The molecule has 0 spiro atoms. The number of ketones is 2. The van der Waals surface area contributed by atoms with Crippen LogP contribution in [-0.4, -0.2) is 32.0 Å². The molecule has 0 fully saturated rings. The molecular weight excluding hydrogens is 502 g/mol. The van der Waals surface area contributed by atoms with Gasteiger partial charge in [0, 0.05) is 37.1 Å². The van der Waals surface area contributed by atoms with Crippen molar-refractivity contribution in [1.82, 2.24) is 14.5 Å². The third-order valence-corrected chi connectivity index (χ3v) is 7.56. The summed E-state index contributed by atoms with van der Waals surface area (Å²) in [6, 6.07) is 16.3. The fourth-order valence-electron chi connectivity index (χ4n) is 5.16. The van der Waals surface area contributed by atoms with E-state index in [2.05, 4.69) is 34.7 Å². The van der Waals surface area contributed by atoms with Gasteiger partial charge in [0.25, 0.3) is 0 Å². The number of amides is 1. The summed E-state index contributed by atoms with van der Waals surface area (Å²) < 4.78 is 2.26. The van der Waals surface area contributed by atoms with E-state index in [4.69, 9.17) is 16.5 Å². The summed E-state index contributed by atoms with van der Waals surface area (Å²) in [5.74, 6) is 0.537. The first kappa shape index (κ1) is 28.9. The number of primary amides is 1. The van der Waals surface area contributed by atoms with Crippen molar-refractivity contribution >= 4 is 45.2 Å². The van der Waals surface area contributed by atoms with Gasteiger partial charge in [0.05, 0.1) is 17.5 Å². The number of nitrogens with zero attached hydrogens (tertiary/aromatic N) is 3. The summed E-state index contributed by atoms with van der Waals surface area (Å²) in [7, 11) is 0. The molecule has 0 unspecified atom stereocenters. The lowest BCUT2D eigenvalue weighted by Gasteiger charge is -2.12. The Morgan fingerprint density at radius 3 is 2.30 bits per heavy atom. The van der Waals surface area contributed by atoms with E-state index in [1.807, 2.05) is 37.3 Å². The number of anilines is 1. The predicted molar refractivity (Wildman–Crippen MR) is 159 cm³/mol. The zero-order valence-corrected chi connectivity index (χ0v) is 23.5. The average Bonchev–Trinajstić information content (AvgIpc) is 3.30. The normalized spacial score (nSPS) is 12.2. The van der Waals surface area contributed by atoms with Crippen LogP contribution in [-0.2, 0) is 33.8 Å². The highest BCUT2D eigenvalue weighted by Gasteiger charge is 2.18. The first-order valence-corrected chi connectivity index (χ1v) is 14.2. The minimum atomic E-state index is -0.391. The van der Waals surface area contributed by atoms with Gasteiger partial charge in [-0.25, -0.2) is 9.97 Å². The summed E-state index contributed by atoms with van der Waals surface area (Å²) in [4.78, 5) is 45.4. The van der Waals surface area contributed by atoms with E-state index in [0.717, 1.165) is 58.2 Å². The number of hydrogen-bond acceptors (Lipinski definition) is 6. The molecule has 1 atom stereocenters.